The number of allylic oxidation sites excluding steroid dienone is 8. The van der Waals surface area contributed by atoms with Crippen LogP contribution in [0.3, 0.4) is 0 Å². The van der Waals surface area contributed by atoms with E-state index in [1.54, 1.807) is 0 Å². The quantitative estimate of drug-likeness (QED) is 0.311. The van der Waals surface area contributed by atoms with Crippen LogP contribution in [-0.2, 0) is 9.31 Å². The molecule has 1 aromatic heterocycles. The second kappa shape index (κ2) is 10.5. The van der Waals surface area contributed by atoms with Gasteiger partial charge in [-0.2, -0.15) is 0 Å². The van der Waals surface area contributed by atoms with Crippen LogP contribution in [0.4, 0.5) is 0 Å². The average Bonchev–Trinajstić information content (AvgIpc) is 3.04. The minimum absolute atomic E-state index is 0.410. The Kier molecular flexibility index (Phi) is 7.91. The van der Waals surface area contributed by atoms with Crippen molar-refractivity contribution < 1.29 is 9.31 Å². The van der Waals surface area contributed by atoms with E-state index >= 15 is 0 Å². The molecule has 2 heterocycles. The third-order valence-corrected chi connectivity index (χ3v) is 6.21. The Morgan fingerprint density at radius 3 is 2.15 bits per heavy atom. The van der Waals surface area contributed by atoms with E-state index in [1.807, 2.05) is 89.2 Å². The van der Waals surface area contributed by atoms with E-state index in [-0.39, 0.29) is 0 Å². The highest BCUT2D eigenvalue weighted by Crippen LogP contribution is 2.38. The summed E-state index contributed by atoms with van der Waals surface area (Å²) in [6, 6.07) is 12.0. The highest BCUT2D eigenvalue weighted by Gasteiger charge is 2.51. The Morgan fingerprint density at radius 1 is 0.941 bits per heavy atom. The summed E-state index contributed by atoms with van der Waals surface area (Å²) in [5.74, 6) is 0.666. The van der Waals surface area contributed by atoms with Crippen LogP contribution >= 0.6 is 0 Å². The van der Waals surface area contributed by atoms with Gasteiger partial charge in [-0.3, -0.25) is 0 Å². The first-order chi connectivity index (χ1) is 16.1. The topological polar surface area (TPSA) is 44.2 Å². The van der Waals surface area contributed by atoms with Crippen molar-refractivity contribution in [1.29, 1.82) is 0 Å². The van der Waals surface area contributed by atoms with E-state index in [0.29, 0.717) is 5.82 Å². The summed E-state index contributed by atoms with van der Waals surface area (Å²) in [5.41, 5.74) is 4.31. The van der Waals surface area contributed by atoms with E-state index in [4.69, 9.17) is 19.3 Å². The Bertz CT molecular complexity index is 1130. The molecule has 1 fully saturated rings. The van der Waals surface area contributed by atoms with E-state index in [9.17, 15) is 0 Å². The summed E-state index contributed by atoms with van der Waals surface area (Å²) in [4.78, 5) is 9.68. The molecule has 0 atom stereocenters. The van der Waals surface area contributed by atoms with Crippen molar-refractivity contribution in [2.45, 2.75) is 59.2 Å². The molecule has 2 aromatic rings. The molecule has 34 heavy (non-hydrogen) atoms. The zero-order valence-corrected chi connectivity index (χ0v) is 21.3. The van der Waals surface area contributed by atoms with Crippen LogP contribution in [0.5, 0.6) is 0 Å². The summed E-state index contributed by atoms with van der Waals surface area (Å²) < 4.78 is 12.2. The Morgan fingerprint density at radius 2 is 1.56 bits per heavy atom. The first-order valence-corrected chi connectivity index (χ1v) is 11.8. The molecular formula is C29H35BN2O2. The van der Waals surface area contributed by atoms with Gasteiger partial charge < -0.3 is 9.31 Å². The molecule has 0 spiro atoms. The number of hydrogen-bond donors (Lipinski definition) is 0. The predicted molar refractivity (Wildman–Crippen MR) is 144 cm³/mol. The van der Waals surface area contributed by atoms with Gasteiger partial charge in [-0.25, -0.2) is 9.97 Å². The van der Waals surface area contributed by atoms with Crippen molar-refractivity contribution in [3.8, 4) is 11.4 Å². The molecule has 5 heteroatoms. The van der Waals surface area contributed by atoms with Crippen LogP contribution in [-0.4, -0.2) is 28.3 Å². The minimum Gasteiger partial charge on any atom is -0.399 e. The van der Waals surface area contributed by atoms with E-state index in [1.165, 1.54) is 0 Å². The smallest absolute Gasteiger partial charge is 0.399 e. The maximum Gasteiger partial charge on any atom is 0.494 e. The molecule has 1 aliphatic rings. The van der Waals surface area contributed by atoms with Crippen molar-refractivity contribution in [1.82, 2.24) is 9.97 Å². The normalized spacial score (nSPS) is 17.6. The van der Waals surface area contributed by atoms with E-state index in [2.05, 4.69) is 32.2 Å². The number of rotatable bonds is 8. The molecule has 0 radical (unpaired) electrons. The van der Waals surface area contributed by atoms with Crippen LogP contribution in [0.15, 0.2) is 85.4 Å². The molecule has 176 valence electrons. The number of aromatic nitrogens is 2. The van der Waals surface area contributed by atoms with Crippen molar-refractivity contribution in [3.05, 3.63) is 96.8 Å². The second-order valence-electron chi connectivity index (χ2n) is 9.42. The second-order valence-corrected chi connectivity index (χ2v) is 9.42. The van der Waals surface area contributed by atoms with Gasteiger partial charge in [0.2, 0.25) is 0 Å². The lowest BCUT2D eigenvalue weighted by atomic mass is 9.79. The molecule has 3 rings (SSSR count). The monoisotopic (exact) mass is 454 g/mol. The maximum atomic E-state index is 6.10. The molecule has 0 aliphatic carbocycles. The Hall–Kier alpha value is -3.02. The standard InChI is InChI=1S/C29H35BN2O2/c1-9-14-23(15-10-2)26-20-25(31-27(32-26)24-16-12-11-13-17-24)21(3)18-19-22(4)30-33-28(5,6)29(7,8)34-30/h9,11-20H,3-4,10H2,1-2,5-8H3/b14-9-,19-18-,23-15+. The number of benzene rings is 1. The third kappa shape index (κ3) is 5.72. The van der Waals surface area contributed by atoms with Crippen molar-refractivity contribution in [2.24, 2.45) is 0 Å². The highest BCUT2D eigenvalue weighted by atomic mass is 16.7. The number of hydrogen-bond acceptors (Lipinski definition) is 4. The van der Waals surface area contributed by atoms with Crippen LogP contribution in [0, 0.1) is 0 Å². The minimum atomic E-state index is -0.497. The first-order valence-electron chi connectivity index (χ1n) is 11.8. The van der Waals surface area contributed by atoms with Gasteiger partial charge in [0.1, 0.15) is 0 Å². The van der Waals surface area contributed by atoms with Gasteiger partial charge in [0.25, 0.3) is 0 Å². The van der Waals surface area contributed by atoms with Gasteiger partial charge in [0.15, 0.2) is 5.82 Å². The van der Waals surface area contributed by atoms with Gasteiger partial charge in [0, 0.05) is 5.56 Å². The summed E-state index contributed by atoms with van der Waals surface area (Å²) >= 11 is 0. The molecule has 0 saturated carbocycles. The average molecular weight is 454 g/mol. The van der Waals surface area contributed by atoms with Crippen LogP contribution in [0.1, 0.15) is 59.4 Å². The summed E-state index contributed by atoms with van der Waals surface area (Å²) in [6.45, 7) is 20.7. The summed E-state index contributed by atoms with van der Waals surface area (Å²) in [6.07, 6.45) is 11.0. The SMILES string of the molecule is C=C(/C=C\C(=C)c1cc(C(/C=C\C)=C/CC)nc(-c2ccccc2)n1)B1OC(C)(C)C(C)(C)O1. The fraction of sp³-hybridized carbons (Fsp3) is 0.310. The van der Waals surface area contributed by atoms with E-state index in [0.717, 1.165) is 40.0 Å². The van der Waals surface area contributed by atoms with Crippen LogP contribution in [0.25, 0.3) is 22.5 Å². The fourth-order valence-electron chi connectivity index (χ4n) is 3.50. The lowest BCUT2D eigenvalue weighted by Crippen LogP contribution is -2.41. The fourth-order valence-corrected chi connectivity index (χ4v) is 3.50. The molecule has 0 unspecified atom stereocenters. The van der Waals surface area contributed by atoms with Crippen molar-refractivity contribution in [2.75, 3.05) is 0 Å². The lowest BCUT2D eigenvalue weighted by molar-refractivity contribution is 0.00578. The molecule has 1 aromatic carbocycles. The summed E-state index contributed by atoms with van der Waals surface area (Å²) in [7, 11) is -0.497. The first kappa shape index (κ1) is 25.6. The predicted octanol–water partition coefficient (Wildman–Crippen LogP) is 7.27. The zero-order chi connectivity index (χ0) is 24.9. The van der Waals surface area contributed by atoms with Gasteiger partial charge >= 0.3 is 7.12 Å². The van der Waals surface area contributed by atoms with Crippen molar-refractivity contribution >= 4 is 18.3 Å². The van der Waals surface area contributed by atoms with Gasteiger partial charge in [-0.1, -0.05) is 80.8 Å². The molecule has 0 N–H and O–H groups in total. The molecule has 0 bridgehead atoms. The van der Waals surface area contributed by atoms with Crippen LogP contribution in [0.2, 0.25) is 0 Å². The Labute approximate surface area is 205 Å². The highest BCUT2D eigenvalue weighted by molar-refractivity contribution is 6.55. The summed E-state index contributed by atoms with van der Waals surface area (Å²) in [5, 5.41) is 0. The zero-order valence-electron chi connectivity index (χ0n) is 21.3. The van der Waals surface area contributed by atoms with Crippen LogP contribution < -0.4 is 0 Å². The molecule has 1 saturated heterocycles. The largest absolute Gasteiger partial charge is 0.494 e. The molecule has 0 amide bonds. The van der Waals surface area contributed by atoms with Gasteiger partial charge in [-0.15, -0.1) is 0 Å². The van der Waals surface area contributed by atoms with Gasteiger partial charge in [0.05, 0.1) is 22.6 Å². The molecule has 1 aliphatic heterocycles. The number of nitrogens with zero attached hydrogens (tertiary/aromatic N) is 2. The van der Waals surface area contributed by atoms with Gasteiger partial charge in [-0.05, 0) is 63.7 Å². The molecular weight excluding hydrogens is 419 g/mol. The third-order valence-electron chi connectivity index (χ3n) is 6.21. The molecule has 4 nitrogen and oxygen atoms in total. The maximum absolute atomic E-state index is 6.10. The lowest BCUT2D eigenvalue weighted by Gasteiger charge is -2.32. The Balaban J connectivity index is 1.93. The van der Waals surface area contributed by atoms with Crippen molar-refractivity contribution in [3.63, 3.8) is 0 Å². The van der Waals surface area contributed by atoms with E-state index < -0.39 is 18.3 Å².